The first kappa shape index (κ1) is 22.0. The molecule has 0 unspecified atom stereocenters. The standard InChI is InChI=1S/C20H18F4N2O3S/c21-17-5-2-6-18(14-17)30(28,29)26-11-9-25(10-12-26)19(27)8-7-15-3-1-4-16(13-15)20(22,23)24/h1-8,13-14H,9-12H2/b8-7+. The maximum absolute atomic E-state index is 13.3. The van der Waals surface area contributed by atoms with Crippen LogP contribution >= 0.6 is 0 Å². The molecule has 3 rings (SSSR count). The number of carbonyl (C=O) groups excluding carboxylic acids is 1. The van der Waals surface area contributed by atoms with Gasteiger partial charge >= 0.3 is 6.18 Å². The predicted molar refractivity (Wildman–Crippen MR) is 102 cm³/mol. The Hall–Kier alpha value is -2.72. The number of benzene rings is 2. The molecule has 2 aromatic carbocycles. The summed E-state index contributed by atoms with van der Waals surface area (Å²) < 4.78 is 78.0. The van der Waals surface area contributed by atoms with Crippen molar-refractivity contribution >= 4 is 22.0 Å². The maximum atomic E-state index is 13.3. The molecule has 1 amide bonds. The Labute approximate surface area is 171 Å². The van der Waals surface area contributed by atoms with Gasteiger partial charge in [0.15, 0.2) is 0 Å². The molecule has 0 bridgehead atoms. The zero-order valence-electron chi connectivity index (χ0n) is 15.6. The second kappa shape index (κ2) is 8.57. The van der Waals surface area contributed by atoms with E-state index in [-0.39, 0.29) is 36.6 Å². The van der Waals surface area contributed by atoms with Crippen LogP contribution in [0.2, 0.25) is 0 Å². The normalized spacial score (nSPS) is 16.2. The lowest BCUT2D eigenvalue weighted by molar-refractivity contribution is -0.137. The van der Waals surface area contributed by atoms with Gasteiger partial charge in [0, 0.05) is 32.3 Å². The number of piperazine rings is 1. The van der Waals surface area contributed by atoms with Crippen LogP contribution in [0.3, 0.4) is 0 Å². The molecular formula is C20H18F4N2O3S. The minimum Gasteiger partial charge on any atom is -0.337 e. The quantitative estimate of drug-likeness (QED) is 0.539. The third-order valence-corrected chi connectivity index (χ3v) is 6.51. The Bertz CT molecular complexity index is 1060. The van der Waals surface area contributed by atoms with Gasteiger partial charge in [0.1, 0.15) is 5.82 Å². The van der Waals surface area contributed by atoms with Crippen LogP contribution < -0.4 is 0 Å². The van der Waals surface area contributed by atoms with E-state index in [9.17, 15) is 30.8 Å². The number of hydrogen-bond donors (Lipinski definition) is 0. The summed E-state index contributed by atoms with van der Waals surface area (Å²) in [4.78, 5) is 13.6. The van der Waals surface area contributed by atoms with E-state index in [0.717, 1.165) is 30.3 Å². The molecule has 0 aliphatic carbocycles. The van der Waals surface area contributed by atoms with Gasteiger partial charge in [-0.2, -0.15) is 17.5 Å². The first-order chi connectivity index (χ1) is 14.1. The number of rotatable bonds is 4. The Balaban J connectivity index is 1.62. The van der Waals surface area contributed by atoms with E-state index in [1.165, 1.54) is 39.5 Å². The van der Waals surface area contributed by atoms with E-state index < -0.39 is 33.5 Å². The number of hydrogen-bond acceptors (Lipinski definition) is 3. The molecule has 2 aromatic rings. The predicted octanol–water partition coefficient (Wildman–Crippen LogP) is 3.39. The molecule has 10 heteroatoms. The smallest absolute Gasteiger partial charge is 0.337 e. The lowest BCUT2D eigenvalue weighted by atomic mass is 10.1. The van der Waals surface area contributed by atoms with E-state index in [1.807, 2.05) is 0 Å². The lowest BCUT2D eigenvalue weighted by Gasteiger charge is -2.33. The molecule has 1 fully saturated rings. The van der Waals surface area contributed by atoms with Crippen LogP contribution in [0.15, 0.2) is 59.5 Å². The van der Waals surface area contributed by atoms with Crippen molar-refractivity contribution in [2.75, 3.05) is 26.2 Å². The van der Waals surface area contributed by atoms with Gasteiger partial charge in [-0.3, -0.25) is 4.79 Å². The fraction of sp³-hybridized carbons (Fsp3) is 0.250. The molecule has 0 atom stereocenters. The number of nitrogens with zero attached hydrogens (tertiary/aromatic N) is 2. The van der Waals surface area contributed by atoms with Crippen molar-refractivity contribution < 1.29 is 30.8 Å². The Kier molecular flexibility index (Phi) is 6.27. The summed E-state index contributed by atoms with van der Waals surface area (Å²) in [7, 11) is -3.88. The van der Waals surface area contributed by atoms with E-state index in [1.54, 1.807) is 0 Å². The molecule has 0 N–H and O–H groups in total. The average Bonchev–Trinajstić information content (AvgIpc) is 2.71. The van der Waals surface area contributed by atoms with Crippen LogP contribution in [0.1, 0.15) is 11.1 Å². The lowest BCUT2D eigenvalue weighted by Crippen LogP contribution is -2.50. The minimum atomic E-state index is -4.47. The molecule has 0 radical (unpaired) electrons. The van der Waals surface area contributed by atoms with Crippen molar-refractivity contribution in [3.05, 3.63) is 71.6 Å². The summed E-state index contributed by atoms with van der Waals surface area (Å²) in [5, 5.41) is 0. The fourth-order valence-electron chi connectivity index (χ4n) is 3.02. The first-order valence-corrected chi connectivity index (χ1v) is 10.4. The summed E-state index contributed by atoms with van der Waals surface area (Å²) in [6.07, 6.45) is -2.03. The highest BCUT2D eigenvalue weighted by molar-refractivity contribution is 7.89. The zero-order chi connectivity index (χ0) is 21.9. The fourth-order valence-corrected chi connectivity index (χ4v) is 4.47. The summed E-state index contributed by atoms with van der Waals surface area (Å²) in [6, 6.07) is 9.27. The topological polar surface area (TPSA) is 57.7 Å². The van der Waals surface area contributed by atoms with Gasteiger partial charge in [-0.05, 0) is 42.0 Å². The Morgan fingerprint density at radius 3 is 2.27 bits per heavy atom. The van der Waals surface area contributed by atoms with Crippen LogP contribution in [-0.4, -0.2) is 49.7 Å². The monoisotopic (exact) mass is 442 g/mol. The van der Waals surface area contributed by atoms with E-state index in [4.69, 9.17) is 0 Å². The molecule has 5 nitrogen and oxygen atoms in total. The van der Waals surface area contributed by atoms with Crippen molar-refractivity contribution in [3.8, 4) is 0 Å². The highest BCUT2D eigenvalue weighted by Crippen LogP contribution is 2.29. The maximum Gasteiger partial charge on any atom is 0.416 e. The zero-order valence-corrected chi connectivity index (χ0v) is 16.5. The van der Waals surface area contributed by atoms with Gasteiger partial charge in [-0.1, -0.05) is 18.2 Å². The van der Waals surface area contributed by atoms with Crippen molar-refractivity contribution in [2.24, 2.45) is 0 Å². The van der Waals surface area contributed by atoms with E-state index in [2.05, 4.69) is 0 Å². The number of carbonyl (C=O) groups is 1. The average molecular weight is 442 g/mol. The highest BCUT2D eigenvalue weighted by atomic mass is 32.2. The van der Waals surface area contributed by atoms with Crippen LogP contribution in [0, 0.1) is 5.82 Å². The SMILES string of the molecule is O=C(/C=C/c1cccc(C(F)(F)F)c1)N1CCN(S(=O)(=O)c2cccc(F)c2)CC1. The van der Waals surface area contributed by atoms with E-state index >= 15 is 0 Å². The number of amides is 1. The molecule has 1 aliphatic heterocycles. The van der Waals surface area contributed by atoms with Crippen LogP contribution in [0.5, 0.6) is 0 Å². The Morgan fingerprint density at radius 1 is 0.967 bits per heavy atom. The van der Waals surface area contributed by atoms with Gasteiger partial charge in [-0.25, -0.2) is 12.8 Å². The van der Waals surface area contributed by atoms with Gasteiger partial charge in [-0.15, -0.1) is 0 Å². The molecule has 0 aromatic heterocycles. The van der Waals surface area contributed by atoms with Gasteiger partial charge in [0.25, 0.3) is 0 Å². The summed E-state index contributed by atoms with van der Waals surface area (Å²) in [6.45, 7) is 0.282. The molecule has 1 saturated heterocycles. The number of alkyl halides is 3. The van der Waals surface area contributed by atoms with Crippen LogP contribution in [0.25, 0.3) is 6.08 Å². The molecule has 160 valence electrons. The molecule has 0 saturated carbocycles. The van der Waals surface area contributed by atoms with Crippen molar-refractivity contribution in [2.45, 2.75) is 11.1 Å². The second-order valence-electron chi connectivity index (χ2n) is 6.64. The first-order valence-electron chi connectivity index (χ1n) is 8.97. The highest BCUT2D eigenvalue weighted by Gasteiger charge is 2.31. The van der Waals surface area contributed by atoms with Crippen molar-refractivity contribution in [1.29, 1.82) is 0 Å². The largest absolute Gasteiger partial charge is 0.416 e. The molecule has 30 heavy (non-hydrogen) atoms. The third kappa shape index (κ3) is 5.06. The van der Waals surface area contributed by atoms with Gasteiger partial charge in [0.2, 0.25) is 15.9 Å². The molecule has 1 aliphatic rings. The second-order valence-corrected chi connectivity index (χ2v) is 8.58. The molecule has 0 spiro atoms. The van der Waals surface area contributed by atoms with Crippen molar-refractivity contribution in [1.82, 2.24) is 9.21 Å². The van der Waals surface area contributed by atoms with Gasteiger partial charge < -0.3 is 4.90 Å². The van der Waals surface area contributed by atoms with Crippen LogP contribution in [-0.2, 0) is 21.0 Å². The molecular weight excluding hydrogens is 424 g/mol. The Morgan fingerprint density at radius 2 is 1.63 bits per heavy atom. The minimum absolute atomic E-state index is 0.0297. The summed E-state index contributed by atoms with van der Waals surface area (Å²) in [5.41, 5.74) is -0.584. The van der Waals surface area contributed by atoms with Crippen LogP contribution in [0.4, 0.5) is 17.6 Å². The summed E-state index contributed by atoms with van der Waals surface area (Å²) >= 11 is 0. The number of sulfonamides is 1. The molecule has 1 heterocycles. The van der Waals surface area contributed by atoms with Gasteiger partial charge in [0.05, 0.1) is 10.5 Å². The summed E-state index contributed by atoms with van der Waals surface area (Å²) in [5.74, 6) is -1.10. The van der Waals surface area contributed by atoms with Crippen molar-refractivity contribution in [3.63, 3.8) is 0 Å². The third-order valence-electron chi connectivity index (χ3n) is 4.62. The van der Waals surface area contributed by atoms with E-state index in [0.29, 0.717) is 0 Å². The number of halogens is 4.